The lowest BCUT2D eigenvalue weighted by Gasteiger charge is -2.12. The van der Waals surface area contributed by atoms with Crippen molar-refractivity contribution in [3.63, 3.8) is 0 Å². The van der Waals surface area contributed by atoms with Crippen LogP contribution in [0.25, 0.3) is 0 Å². The highest BCUT2D eigenvalue weighted by atomic mass is 35.5. The summed E-state index contributed by atoms with van der Waals surface area (Å²) in [5.41, 5.74) is -0.173. The van der Waals surface area contributed by atoms with E-state index in [2.05, 4.69) is 10.0 Å². The van der Waals surface area contributed by atoms with Crippen LogP contribution in [-0.4, -0.2) is 28.0 Å². The van der Waals surface area contributed by atoms with Crippen LogP contribution < -0.4 is 14.8 Å². The summed E-state index contributed by atoms with van der Waals surface area (Å²) in [7, 11) is -2.42. The maximum absolute atomic E-state index is 14.1. The summed E-state index contributed by atoms with van der Waals surface area (Å²) in [6.07, 6.45) is 0.600. The van der Waals surface area contributed by atoms with Crippen molar-refractivity contribution in [3.05, 3.63) is 52.8 Å². The second-order valence-electron chi connectivity index (χ2n) is 5.34. The van der Waals surface area contributed by atoms with Crippen molar-refractivity contribution in [1.29, 1.82) is 0 Å². The van der Waals surface area contributed by atoms with Crippen LogP contribution in [0.5, 0.6) is 5.75 Å². The zero-order chi connectivity index (χ0) is 19.3. The third-order valence-corrected chi connectivity index (χ3v) is 5.14. The normalized spacial score (nSPS) is 11.2. The molecule has 0 atom stereocenters. The van der Waals surface area contributed by atoms with Gasteiger partial charge >= 0.3 is 0 Å². The monoisotopic (exact) mass is 400 g/mol. The average Bonchev–Trinajstić information content (AvgIpc) is 2.60. The summed E-state index contributed by atoms with van der Waals surface area (Å²) in [4.78, 5) is 12.2. The molecule has 6 nitrogen and oxygen atoms in total. The minimum atomic E-state index is -3.83. The molecular weight excluding hydrogens is 383 g/mol. The lowest BCUT2D eigenvalue weighted by Crippen LogP contribution is -2.25. The molecule has 0 aliphatic rings. The van der Waals surface area contributed by atoms with E-state index in [4.69, 9.17) is 16.3 Å². The first-order valence-corrected chi connectivity index (χ1v) is 9.58. The van der Waals surface area contributed by atoms with Crippen molar-refractivity contribution in [3.8, 4) is 5.75 Å². The van der Waals surface area contributed by atoms with E-state index in [1.165, 1.54) is 13.2 Å². The van der Waals surface area contributed by atoms with E-state index >= 15 is 0 Å². The van der Waals surface area contributed by atoms with Gasteiger partial charge in [0.2, 0.25) is 10.0 Å². The van der Waals surface area contributed by atoms with Gasteiger partial charge in [-0.25, -0.2) is 17.5 Å². The van der Waals surface area contributed by atoms with Gasteiger partial charge < -0.3 is 10.1 Å². The predicted molar refractivity (Wildman–Crippen MR) is 97.8 cm³/mol. The molecule has 2 aromatic carbocycles. The Morgan fingerprint density at radius 1 is 1.23 bits per heavy atom. The number of rotatable bonds is 7. The lowest BCUT2D eigenvalue weighted by atomic mass is 10.2. The number of benzene rings is 2. The minimum Gasteiger partial charge on any atom is -0.495 e. The van der Waals surface area contributed by atoms with Gasteiger partial charge in [-0.05, 0) is 42.8 Å². The summed E-state index contributed by atoms with van der Waals surface area (Å²) < 4.78 is 45.9. The Balaban J connectivity index is 2.35. The number of carbonyl (C=O) groups excluding carboxylic acids is 1. The molecular formula is C17H18ClFN2O4S. The highest BCUT2D eigenvalue weighted by Crippen LogP contribution is 2.28. The van der Waals surface area contributed by atoms with Crippen LogP contribution >= 0.6 is 11.6 Å². The van der Waals surface area contributed by atoms with Gasteiger partial charge in [0.05, 0.1) is 23.3 Å². The largest absolute Gasteiger partial charge is 0.495 e. The lowest BCUT2D eigenvalue weighted by molar-refractivity contribution is 0.102. The van der Waals surface area contributed by atoms with E-state index in [0.29, 0.717) is 17.2 Å². The van der Waals surface area contributed by atoms with Gasteiger partial charge in [-0.2, -0.15) is 0 Å². The first-order valence-electron chi connectivity index (χ1n) is 7.72. The van der Waals surface area contributed by atoms with Gasteiger partial charge in [-0.3, -0.25) is 4.79 Å². The number of ether oxygens (including phenoxy) is 1. The standard InChI is InChI=1S/C17H18ClFN2O4S/c1-3-8-20-26(23,24)12-5-6-14(19)13(10-12)17(22)21-15-9-11(18)4-7-16(15)25-2/h4-7,9-10,20H,3,8H2,1-2H3,(H,21,22). The molecule has 0 heterocycles. The maximum atomic E-state index is 14.1. The molecule has 0 spiro atoms. The van der Waals surface area contributed by atoms with E-state index in [-0.39, 0.29) is 17.1 Å². The van der Waals surface area contributed by atoms with E-state index in [9.17, 15) is 17.6 Å². The zero-order valence-corrected chi connectivity index (χ0v) is 15.7. The van der Waals surface area contributed by atoms with Crippen molar-refractivity contribution in [2.45, 2.75) is 18.2 Å². The van der Waals surface area contributed by atoms with Crippen molar-refractivity contribution < 1.29 is 22.3 Å². The van der Waals surface area contributed by atoms with E-state index < -0.39 is 27.3 Å². The molecule has 0 aliphatic heterocycles. The van der Waals surface area contributed by atoms with Gasteiger partial charge in [0.1, 0.15) is 11.6 Å². The number of nitrogens with one attached hydrogen (secondary N) is 2. The fourth-order valence-corrected chi connectivity index (χ4v) is 3.46. The van der Waals surface area contributed by atoms with E-state index in [1.807, 2.05) is 6.92 Å². The predicted octanol–water partition coefficient (Wildman–Crippen LogP) is 3.43. The van der Waals surface area contributed by atoms with E-state index in [1.54, 1.807) is 12.1 Å². The Morgan fingerprint density at radius 2 is 1.96 bits per heavy atom. The Hall–Kier alpha value is -2.16. The number of hydrogen-bond acceptors (Lipinski definition) is 4. The van der Waals surface area contributed by atoms with Crippen molar-refractivity contribution in [2.24, 2.45) is 0 Å². The van der Waals surface area contributed by atoms with Crippen LogP contribution in [0.4, 0.5) is 10.1 Å². The molecule has 0 fully saturated rings. The van der Waals surface area contributed by atoms with Crippen LogP contribution in [0.15, 0.2) is 41.3 Å². The van der Waals surface area contributed by atoms with Crippen LogP contribution in [0.1, 0.15) is 23.7 Å². The highest BCUT2D eigenvalue weighted by Gasteiger charge is 2.20. The second kappa shape index (κ2) is 8.48. The summed E-state index contributed by atoms with van der Waals surface area (Å²) in [6, 6.07) is 7.58. The first kappa shape index (κ1) is 20.2. The molecule has 2 aromatic rings. The van der Waals surface area contributed by atoms with Gasteiger partial charge in [-0.15, -0.1) is 0 Å². The molecule has 2 rings (SSSR count). The third kappa shape index (κ3) is 4.72. The molecule has 140 valence electrons. The smallest absolute Gasteiger partial charge is 0.258 e. The van der Waals surface area contributed by atoms with Crippen LogP contribution in [0, 0.1) is 5.82 Å². The summed E-state index contributed by atoms with van der Waals surface area (Å²) in [6.45, 7) is 2.05. The Labute approximate surface area is 156 Å². The zero-order valence-electron chi connectivity index (χ0n) is 14.2. The molecule has 0 aromatic heterocycles. The molecule has 0 radical (unpaired) electrons. The van der Waals surface area contributed by atoms with Crippen molar-refractivity contribution >= 4 is 33.2 Å². The number of carbonyl (C=O) groups is 1. The van der Waals surface area contributed by atoms with Crippen LogP contribution in [0.3, 0.4) is 0 Å². The number of methoxy groups -OCH3 is 1. The summed E-state index contributed by atoms with van der Waals surface area (Å²) in [5.74, 6) is -1.34. The number of halogens is 2. The SMILES string of the molecule is CCCNS(=O)(=O)c1ccc(F)c(C(=O)Nc2cc(Cl)ccc2OC)c1. The molecule has 0 saturated heterocycles. The minimum absolute atomic E-state index is 0.199. The Morgan fingerprint density at radius 3 is 2.62 bits per heavy atom. The van der Waals surface area contributed by atoms with Gasteiger partial charge in [-0.1, -0.05) is 18.5 Å². The highest BCUT2D eigenvalue weighted by molar-refractivity contribution is 7.89. The maximum Gasteiger partial charge on any atom is 0.258 e. The van der Waals surface area contributed by atoms with Crippen molar-refractivity contribution in [1.82, 2.24) is 4.72 Å². The second-order valence-corrected chi connectivity index (χ2v) is 7.54. The van der Waals surface area contributed by atoms with Gasteiger partial charge in [0, 0.05) is 11.6 Å². The third-order valence-electron chi connectivity index (χ3n) is 3.44. The Kier molecular flexibility index (Phi) is 6.57. The topological polar surface area (TPSA) is 84.5 Å². The van der Waals surface area contributed by atoms with Gasteiger partial charge in [0.15, 0.2) is 0 Å². The molecule has 0 saturated carbocycles. The number of sulfonamides is 1. The fraction of sp³-hybridized carbons (Fsp3) is 0.235. The summed E-state index contributed by atoms with van der Waals surface area (Å²) >= 11 is 5.90. The molecule has 0 unspecified atom stereocenters. The number of anilines is 1. The fourth-order valence-electron chi connectivity index (χ4n) is 2.13. The van der Waals surface area contributed by atoms with Crippen LogP contribution in [0.2, 0.25) is 5.02 Å². The number of amides is 1. The molecule has 1 amide bonds. The summed E-state index contributed by atoms with van der Waals surface area (Å²) in [5, 5.41) is 2.83. The average molecular weight is 401 g/mol. The number of hydrogen-bond donors (Lipinski definition) is 2. The molecule has 0 aliphatic carbocycles. The molecule has 26 heavy (non-hydrogen) atoms. The Bertz CT molecular complexity index is 919. The quantitative estimate of drug-likeness (QED) is 0.745. The van der Waals surface area contributed by atoms with Crippen LogP contribution in [-0.2, 0) is 10.0 Å². The van der Waals surface area contributed by atoms with Crippen molar-refractivity contribution in [2.75, 3.05) is 19.0 Å². The molecule has 9 heteroatoms. The molecule has 2 N–H and O–H groups in total. The molecule has 0 bridgehead atoms. The van der Waals surface area contributed by atoms with Gasteiger partial charge in [0.25, 0.3) is 5.91 Å². The first-order chi connectivity index (χ1) is 12.3. The van der Waals surface area contributed by atoms with E-state index in [0.717, 1.165) is 18.2 Å².